The molecule has 0 saturated carbocycles. The Balaban J connectivity index is 1.35. The number of nitrogens with zero attached hydrogens (tertiary/aromatic N) is 2. The lowest BCUT2D eigenvalue weighted by molar-refractivity contribution is -0.00629. The lowest BCUT2D eigenvalue weighted by Crippen LogP contribution is -2.26. The Morgan fingerprint density at radius 3 is 2.66 bits per heavy atom. The van der Waals surface area contributed by atoms with Crippen LogP contribution in [-0.4, -0.2) is 42.5 Å². The number of fused-ring (bicyclic) bond motifs is 2. The van der Waals surface area contributed by atoms with Gasteiger partial charge in [0.25, 0.3) is 0 Å². The van der Waals surface area contributed by atoms with E-state index in [1.165, 1.54) is 5.57 Å². The Bertz CT molecular complexity index is 1450. The number of ether oxygens (including phenoxy) is 1. The van der Waals surface area contributed by atoms with Gasteiger partial charge in [-0.1, -0.05) is 29.4 Å². The largest absolute Gasteiger partial charge is 0.489 e. The molecular weight excluding hydrogens is 486 g/mol. The normalized spacial score (nSPS) is 18.0. The highest BCUT2D eigenvalue weighted by atomic mass is 19.3. The molecule has 1 fully saturated rings. The van der Waals surface area contributed by atoms with Gasteiger partial charge in [-0.25, -0.2) is 0 Å². The maximum absolute atomic E-state index is 13.0. The second kappa shape index (κ2) is 11.0. The van der Waals surface area contributed by atoms with E-state index < -0.39 is 0 Å². The quantitative estimate of drug-likeness (QED) is 0.248. The zero-order chi connectivity index (χ0) is 25.9. The van der Waals surface area contributed by atoms with E-state index in [9.17, 15) is 8.92 Å². The Morgan fingerprint density at radius 1 is 0.974 bits per heavy atom. The first-order chi connectivity index (χ1) is 18.7. The van der Waals surface area contributed by atoms with Gasteiger partial charge in [0.15, 0.2) is 11.3 Å². The summed E-state index contributed by atoms with van der Waals surface area (Å²) in [4.78, 5) is 6.31. The monoisotopic (exact) mass is 516 g/mol. The average Bonchev–Trinajstić information content (AvgIpc) is 3.57. The molecule has 0 radical (unpaired) electrons. The molecule has 2 aliphatic rings. The molecule has 2 heterocycles. The zero-order valence-electron chi connectivity index (χ0n) is 21.2. The van der Waals surface area contributed by atoms with Crippen LogP contribution >= 0.6 is 0 Å². The summed E-state index contributed by atoms with van der Waals surface area (Å²) in [6.07, 6.45) is 5.97. The van der Waals surface area contributed by atoms with Crippen LogP contribution in [0.4, 0.5) is 8.92 Å². The standard InChI is InChI=1S/C31H30F2N2O3/c32-14-2-15-35-16-13-27(20-35)36-25-9-7-21(8-10-25)31-28(23-5-6-24-19-34-38-30(24)18-23)4-1-3-22-17-26(37-33)11-12-29(22)31/h5-12,17-19,27H,1-4,13-16,20H2. The van der Waals surface area contributed by atoms with Crippen molar-refractivity contribution < 1.29 is 23.1 Å². The first kappa shape index (κ1) is 24.6. The second-order valence-corrected chi connectivity index (χ2v) is 10.1. The third kappa shape index (κ3) is 5.03. The minimum absolute atomic E-state index is 0.113. The fraction of sp³-hybridized carbons (Fsp3) is 0.323. The average molecular weight is 517 g/mol. The van der Waals surface area contributed by atoms with E-state index in [2.05, 4.69) is 33.2 Å². The maximum atomic E-state index is 13.0. The fourth-order valence-electron chi connectivity index (χ4n) is 5.75. The van der Waals surface area contributed by atoms with Crippen LogP contribution in [0.15, 0.2) is 71.4 Å². The molecule has 1 atom stereocenters. The van der Waals surface area contributed by atoms with Crippen LogP contribution in [0.1, 0.15) is 47.9 Å². The number of aromatic nitrogens is 1. The molecule has 1 aromatic heterocycles. The first-order valence-electron chi connectivity index (χ1n) is 13.3. The van der Waals surface area contributed by atoms with Crippen LogP contribution in [0.25, 0.3) is 22.1 Å². The molecule has 0 N–H and O–H groups in total. The number of allylic oxidation sites excluding steroid dienone is 1. The van der Waals surface area contributed by atoms with Crippen LogP contribution in [0.2, 0.25) is 0 Å². The van der Waals surface area contributed by atoms with Crippen molar-refractivity contribution in [2.45, 2.75) is 38.2 Å². The van der Waals surface area contributed by atoms with Gasteiger partial charge in [0.2, 0.25) is 0 Å². The molecule has 0 spiro atoms. The van der Waals surface area contributed by atoms with Crippen molar-refractivity contribution in [3.63, 3.8) is 0 Å². The third-order valence-corrected chi connectivity index (χ3v) is 7.60. The molecule has 7 heteroatoms. The van der Waals surface area contributed by atoms with E-state index in [-0.39, 0.29) is 18.5 Å². The van der Waals surface area contributed by atoms with Crippen molar-refractivity contribution in [3.05, 3.63) is 89.1 Å². The molecule has 1 aliphatic carbocycles. The van der Waals surface area contributed by atoms with Crippen molar-refractivity contribution in [1.29, 1.82) is 0 Å². The van der Waals surface area contributed by atoms with E-state index in [0.29, 0.717) is 6.42 Å². The van der Waals surface area contributed by atoms with E-state index in [4.69, 9.17) is 9.26 Å². The molecule has 1 saturated heterocycles. The zero-order valence-corrected chi connectivity index (χ0v) is 21.2. The van der Waals surface area contributed by atoms with Gasteiger partial charge in [0.1, 0.15) is 11.9 Å². The van der Waals surface area contributed by atoms with E-state index in [0.717, 1.165) is 89.9 Å². The lowest BCUT2D eigenvalue weighted by Gasteiger charge is -2.18. The number of likely N-dealkylation sites (tertiary alicyclic amines) is 1. The van der Waals surface area contributed by atoms with Crippen LogP contribution in [0.5, 0.6) is 11.5 Å². The number of aryl methyl sites for hydroxylation is 1. The van der Waals surface area contributed by atoms with E-state index >= 15 is 0 Å². The highest BCUT2D eigenvalue weighted by molar-refractivity contribution is 6.01. The summed E-state index contributed by atoms with van der Waals surface area (Å²) >= 11 is 0. The van der Waals surface area contributed by atoms with Crippen LogP contribution in [-0.2, 0) is 6.42 Å². The van der Waals surface area contributed by atoms with Gasteiger partial charge >= 0.3 is 0 Å². The fourth-order valence-corrected chi connectivity index (χ4v) is 5.75. The Labute approximate surface area is 220 Å². The summed E-state index contributed by atoms with van der Waals surface area (Å²) in [5.41, 5.74) is 7.37. The van der Waals surface area contributed by atoms with Gasteiger partial charge in [0.05, 0.1) is 12.9 Å². The molecule has 1 aliphatic heterocycles. The Hall–Kier alpha value is -3.71. The summed E-state index contributed by atoms with van der Waals surface area (Å²) in [5.74, 6) is 1.04. The van der Waals surface area contributed by atoms with Crippen molar-refractivity contribution in [1.82, 2.24) is 10.1 Å². The highest BCUT2D eigenvalue weighted by Crippen LogP contribution is 2.41. The molecule has 38 heavy (non-hydrogen) atoms. The minimum Gasteiger partial charge on any atom is -0.489 e. The van der Waals surface area contributed by atoms with Gasteiger partial charge in [0, 0.05) is 29.5 Å². The van der Waals surface area contributed by atoms with Crippen molar-refractivity contribution in [3.8, 4) is 11.5 Å². The minimum atomic E-state index is -0.279. The lowest BCUT2D eigenvalue weighted by atomic mass is 9.87. The van der Waals surface area contributed by atoms with Crippen LogP contribution < -0.4 is 9.68 Å². The van der Waals surface area contributed by atoms with Gasteiger partial charge in [-0.3, -0.25) is 14.2 Å². The summed E-state index contributed by atoms with van der Waals surface area (Å²) in [5, 5.41) is 4.90. The van der Waals surface area contributed by atoms with Crippen LogP contribution in [0.3, 0.4) is 0 Å². The molecule has 0 amide bonds. The molecule has 6 rings (SSSR count). The molecule has 4 aromatic rings. The first-order valence-corrected chi connectivity index (χ1v) is 13.3. The van der Waals surface area contributed by atoms with E-state index in [1.807, 2.05) is 30.3 Å². The molecule has 196 valence electrons. The number of halogens is 2. The third-order valence-electron chi connectivity index (χ3n) is 7.60. The summed E-state index contributed by atoms with van der Waals surface area (Å²) in [6, 6.07) is 19.9. The molecule has 3 aromatic carbocycles. The predicted molar refractivity (Wildman–Crippen MR) is 144 cm³/mol. The summed E-state index contributed by atoms with van der Waals surface area (Å²) in [6.45, 7) is 2.27. The van der Waals surface area contributed by atoms with Crippen LogP contribution in [0, 0.1) is 0 Å². The summed E-state index contributed by atoms with van der Waals surface area (Å²) in [7, 11) is 0. The SMILES string of the molecule is FCCCN1CCC(Oc2ccc(C3=C(c4ccc5cnoc5c4)CCCc4cc(OF)ccc43)cc2)C1. The van der Waals surface area contributed by atoms with Gasteiger partial charge in [-0.2, -0.15) is 0 Å². The molecule has 1 unspecified atom stereocenters. The predicted octanol–water partition coefficient (Wildman–Crippen LogP) is 7.20. The summed E-state index contributed by atoms with van der Waals surface area (Å²) < 4.78 is 37.3. The number of hydrogen-bond acceptors (Lipinski definition) is 5. The topological polar surface area (TPSA) is 47.7 Å². The number of rotatable bonds is 8. The van der Waals surface area contributed by atoms with Crippen molar-refractivity contribution in [2.75, 3.05) is 26.3 Å². The molecule has 0 bridgehead atoms. The van der Waals surface area contributed by atoms with Gasteiger partial charge in [-0.05, 0) is 102 Å². The Morgan fingerprint density at radius 2 is 1.82 bits per heavy atom. The highest BCUT2D eigenvalue weighted by Gasteiger charge is 2.24. The van der Waals surface area contributed by atoms with Gasteiger partial charge < -0.3 is 9.26 Å². The van der Waals surface area contributed by atoms with Gasteiger partial charge in [-0.15, -0.1) is 0 Å². The molecule has 5 nitrogen and oxygen atoms in total. The van der Waals surface area contributed by atoms with Crippen molar-refractivity contribution >= 4 is 22.1 Å². The van der Waals surface area contributed by atoms with Crippen molar-refractivity contribution in [2.24, 2.45) is 0 Å². The number of benzene rings is 3. The Kier molecular flexibility index (Phi) is 7.10. The smallest absolute Gasteiger partial charge is 0.172 e. The second-order valence-electron chi connectivity index (χ2n) is 10.1. The molecular formula is C31H30F2N2O3. The number of hydrogen-bond donors (Lipinski definition) is 0. The maximum Gasteiger partial charge on any atom is 0.172 e. The number of alkyl halides is 1. The van der Waals surface area contributed by atoms with E-state index in [1.54, 1.807) is 18.3 Å².